The number of hydrogen-bond acceptors (Lipinski definition) is 4. The maximum Gasteiger partial charge on any atom is 0.388 e. The normalized spacial score (nSPS) is 29.2. The average Bonchev–Trinajstić information content (AvgIpc) is 3.07. The molecule has 3 aliphatic rings. The van der Waals surface area contributed by atoms with Crippen molar-refractivity contribution in [3.05, 3.63) is 40.9 Å². The van der Waals surface area contributed by atoms with Crippen molar-refractivity contribution in [3.8, 4) is 0 Å². The molecule has 0 aromatic heterocycles. The van der Waals surface area contributed by atoms with Gasteiger partial charge in [0.05, 0.1) is 12.3 Å². The number of amides is 1. The van der Waals surface area contributed by atoms with E-state index in [0.29, 0.717) is 23.9 Å². The lowest BCUT2D eigenvalue weighted by Crippen LogP contribution is -2.49. The number of benzene rings is 1. The zero-order chi connectivity index (χ0) is 17.5. The maximum atomic E-state index is 12.7. The van der Waals surface area contributed by atoms with Gasteiger partial charge < -0.3 is 0 Å². The Kier molecular flexibility index (Phi) is 4.43. The smallest absolute Gasteiger partial charge is 0.221 e. The molecule has 3 aliphatic heterocycles. The highest BCUT2D eigenvalue weighted by Crippen LogP contribution is 2.35. The molecule has 2 fully saturated rings. The molecule has 1 unspecified atom stereocenters. The van der Waals surface area contributed by atoms with Crippen LogP contribution in [0.5, 0.6) is 0 Å². The zero-order valence-corrected chi connectivity index (χ0v) is 15.1. The Morgan fingerprint density at radius 3 is 2.32 bits per heavy atom. The number of carbonyl (C=O) groups excluding carboxylic acids is 1. The standard InChI is InChI=1S/C17H19Cl2N3O3/c18-15-1-3-16(4-2-15)22(19)17(23)11-14(12-20-22)13-5-7-21(8-6-13)24-9-10-25-21/h1-4,11-13H,5-10H2/q+2. The predicted octanol–water partition coefficient (Wildman–Crippen LogP) is 3.36. The van der Waals surface area contributed by atoms with E-state index in [1.807, 2.05) is 0 Å². The first-order valence-corrected chi connectivity index (χ1v) is 9.05. The molecule has 3 heterocycles. The Balaban J connectivity index is 1.48. The van der Waals surface area contributed by atoms with Gasteiger partial charge in [-0.25, -0.2) is 4.79 Å². The van der Waals surface area contributed by atoms with Gasteiger partial charge >= 0.3 is 5.91 Å². The summed E-state index contributed by atoms with van der Waals surface area (Å²) < 4.78 is -0.639. The van der Waals surface area contributed by atoms with E-state index < -0.39 is 4.11 Å². The number of nitrogens with zero attached hydrogens (tertiary/aromatic N) is 3. The quantitative estimate of drug-likeness (QED) is 0.581. The van der Waals surface area contributed by atoms with Gasteiger partial charge in [0.25, 0.3) is 0 Å². The predicted molar refractivity (Wildman–Crippen MR) is 95.3 cm³/mol. The highest BCUT2D eigenvalue weighted by Gasteiger charge is 2.45. The van der Waals surface area contributed by atoms with Gasteiger partial charge in [0.15, 0.2) is 5.69 Å². The zero-order valence-electron chi connectivity index (χ0n) is 13.6. The summed E-state index contributed by atoms with van der Waals surface area (Å²) in [7, 11) is 0. The summed E-state index contributed by atoms with van der Waals surface area (Å²) in [6.45, 7) is 2.84. The van der Waals surface area contributed by atoms with Crippen molar-refractivity contribution in [2.24, 2.45) is 11.0 Å². The van der Waals surface area contributed by atoms with Gasteiger partial charge in [0.1, 0.15) is 26.3 Å². The van der Waals surface area contributed by atoms with Gasteiger partial charge in [0, 0.05) is 30.0 Å². The lowest BCUT2D eigenvalue weighted by Gasteiger charge is -2.34. The molecule has 0 bridgehead atoms. The minimum Gasteiger partial charge on any atom is -0.221 e. The van der Waals surface area contributed by atoms with Gasteiger partial charge in [-0.05, 0) is 32.5 Å². The number of hydrogen-bond donors (Lipinski definition) is 0. The number of halogens is 2. The molecule has 8 heteroatoms. The summed E-state index contributed by atoms with van der Waals surface area (Å²) in [5, 5.41) is 4.92. The van der Waals surface area contributed by atoms with Crippen LogP contribution >= 0.6 is 23.4 Å². The first-order valence-electron chi connectivity index (χ1n) is 8.34. The van der Waals surface area contributed by atoms with Crippen molar-refractivity contribution < 1.29 is 19.3 Å². The van der Waals surface area contributed by atoms with Crippen LogP contribution in [0.4, 0.5) is 5.69 Å². The topological polar surface area (TPSA) is 47.9 Å². The van der Waals surface area contributed by atoms with Crippen LogP contribution in [0.2, 0.25) is 5.02 Å². The molecule has 1 amide bonds. The molecular formula is C17H19Cl2N3O3+2. The number of rotatable bonds is 2. The highest BCUT2D eigenvalue weighted by atomic mass is 35.5. The van der Waals surface area contributed by atoms with Crippen LogP contribution in [-0.2, 0) is 14.5 Å². The summed E-state index contributed by atoms with van der Waals surface area (Å²) in [4.78, 5) is 24.4. The third-order valence-electron chi connectivity index (χ3n) is 4.96. The Labute approximate surface area is 156 Å². The molecule has 6 nitrogen and oxygen atoms in total. The monoisotopic (exact) mass is 383 g/mol. The van der Waals surface area contributed by atoms with E-state index in [9.17, 15) is 4.79 Å². The Bertz CT molecular complexity index is 734. The number of quaternary nitrogens is 2. The summed E-state index contributed by atoms with van der Waals surface area (Å²) in [5.74, 6) is -0.00971. The maximum absolute atomic E-state index is 12.7. The minimum atomic E-state index is -0.639. The lowest BCUT2D eigenvalue weighted by atomic mass is 9.89. The molecule has 1 aromatic rings. The molecule has 1 aromatic carbocycles. The third-order valence-corrected chi connectivity index (χ3v) is 5.66. The Morgan fingerprint density at radius 2 is 1.72 bits per heavy atom. The first-order chi connectivity index (χ1) is 12.0. The van der Waals surface area contributed by atoms with Gasteiger partial charge in [-0.2, -0.15) is 9.68 Å². The molecule has 4 rings (SSSR count). The summed E-state index contributed by atoms with van der Waals surface area (Å²) in [5.41, 5.74) is 1.49. The van der Waals surface area contributed by atoms with Crippen LogP contribution in [0.25, 0.3) is 0 Å². The van der Waals surface area contributed by atoms with E-state index in [-0.39, 0.29) is 16.6 Å². The minimum absolute atomic E-state index is 0.264. The number of piperidine rings is 1. The van der Waals surface area contributed by atoms with Crippen LogP contribution in [0.1, 0.15) is 12.8 Å². The van der Waals surface area contributed by atoms with Crippen molar-refractivity contribution >= 4 is 41.2 Å². The van der Waals surface area contributed by atoms with Gasteiger partial charge in [0.2, 0.25) is 11.8 Å². The second-order valence-corrected chi connectivity index (χ2v) is 7.39. The van der Waals surface area contributed by atoms with Gasteiger partial charge in [-0.1, -0.05) is 16.7 Å². The SMILES string of the molecule is O=C1C=C(C2CC[N+]3(CC2)OCCO3)C=N[N+]1(Cl)c1ccc(Cl)cc1. The van der Waals surface area contributed by atoms with Crippen LogP contribution in [-0.4, -0.2) is 43.2 Å². The molecular weight excluding hydrogens is 365 g/mol. The van der Waals surface area contributed by atoms with Crippen LogP contribution in [0.3, 0.4) is 0 Å². The van der Waals surface area contributed by atoms with E-state index in [1.54, 1.807) is 36.6 Å². The van der Waals surface area contributed by atoms with E-state index >= 15 is 0 Å². The molecule has 1 atom stereocenters. The van der Waals surface area contributed by atoms with Crippen molar-refractivity contribution in [1.82, 2.24) is 4.11 Å². The van der Waals surface area contributed by atoms with Crippen molar-refractivity contribution in [1.29, 1.82) is 0 Å². The summed E-state index contributed by atoms with van der Waals surface area (Å²) in [6, 6.07) is 6.81. The molecule has 1 spiro atoms. The molecule has 2 saturated heterocycles. The van der Waals surface area contributed by atoms with E-state index in [0.717, 1.165) is 31.5 Å². The largest absolute Gasteiger partial charge is 0.388 e. The van der Waals surface area contributed by atoms with E-state index in [2.05, 4.69) is 5.10 Å². The second kappa shape index (κ2) is 6.46. The Morgan fingerprint density at radius 1 is 1.08 bits per heavy atom. The highest BCUT2D eigenvalue weighted by molar-refractivity contribution is 6.34. The third kappa shape index (κ3) is 3.14. The number of carbonyl (C=O) groups is 1. The van der Waals surface area contributed by atoms with Crippen LogP contribution in [0, 0.1) is 5.92 Å². The fourth-order valence-corrected chi connectivity index (χ4v) is 3.85. The van der Waals surface area contributed by atoms with Crippen molar-refractivity contribution in [3.63, 3.8) is 0 Å². The van der Waals surface area contributed by atoms with Gasteiger partial charge in [-0.3, -0.25) is 0 Å². The molecule has 132 valence electrons. The Hall–Kier alpha value is -1.28. The number of hydroxylamine groups is 4. The molecule has 25 heavy (non-hydrogen) atoms. The average molecular weight is 384 g/mol. The van der Waals surface area contributed by atoms with Crippen molar-refractivity contribution in [2.75, 3.05) is 26.3 Å². The van der Waals surface area contributed by atoms with Crippen LogP contribution < -0.4 is 4.11 Å². The van der Waals surface area contributed by atoms with Gasteiger partial charge in [-0.15, -0.1) is 0 Å². The molecule has 0 saturated carbocycles. The molecule has 0 N–H and O–H groups in total. The molecule has 0 radical (unpaired) electrons. The number of allylic oxidation sites excluding steroid dienone is 1. The molecule has 0 aliphatic carbocycles. The van der Waals surface area contributed by atoms with Crippen LogP contribution in [0.15, 0.2) is 41.0 Å². The fourth-order valence-electron chi connectivity index (χ4n) is 3.52. The van der Waals surface area contributed by atoms with E-state index in [1.165, 1.54) is 0 Å². The fraction of sp³-hybridized carbons (Fsp3) is 0.412. The second-order valence-electron chi connectivity index (χ2n) is 6.46. The summed E-state index contributed by atoms with van der Waals surface area (Å²) >= 11 is 12.4. The lowest BCUT2D eigenvalue weighted by molar-refractivity contribution is -1.23. The summed E-state index contributed by atoms with van der Waals surface area (Å²) in [6.07, 6.45) is 5.10. The van der Waals surface area contributed by atoms with E-state index in [4.69, 9.17) is 33.1 Å². The van der Waals surface area contributed by atoms with Crippen molar-refractivity contribution in [2.45, 2.75) is 12.8 Å². The first kappa shape index (κ1) is 17.1.